The summed E-state index contributed by atoms with van der Waals surface area (Å²) >= 11 is 0. The fourth-order valence-electron chi connectivity index (χ4n) is 2.22. The highest BCUT2D eigenvalue weighted by molar-refractivity contribution is 6.07. The van der Waals surface area contributed by atoms with Crippen molar-refractivity contribution in [2.75, 3.05) is 6.54 Å². The average Bonchev–Trinajstić information content (AvgIpc) is 2.92. The number of hydrogen-bond acceptors (Lipinski definition) is 6. The Morgan fingerprint density at radius 1 is 1.38 bits per heavy atom. The van der Waals surface area contributed by atoms with Crippen molar-refractivity contribution in [3.05, 3.63) is 23.8 Å². The number of carbonyl (C=O) groups is 3. The normalized spacial score (nSPS) is 19.0. The molecule has 1 atom stereocenters. The lowest BCUT2D eigenvalue weighted by Crippen LogP contribution is -2.58. The fraction of sp³-hybridized carbons (Fsp3) is 0.333. The van der Waals surface area contributed by atoms with Crippen LogP contribution in [0.2, 0.25) is 0 Å². The number of aromatic nitrogens is 4. The number of rotatable bonds is 1. The monoisotopic (exact) mass is 288 g/mol. The highest BCUT2D eigenvalue weighted by atomic mass is 16.2. The molecule has 2 aromatic rings. The smallest absolute Gasteiger partial charge is 0.258 e. The standard InChI is InChI=1S/C12H12N6O3/c1-6-8(3-13-12-14-5-15-18(6)12)11(21)17-4-9(19)16-10(20)7(17)2/h3,5,7H,4H2,1-2H3,(H,16,19,20). The predicted octanol–water partition coefficient (Wildman–Crippen LogP) is -1.08. The van der Waals surface area contributed by atoms with Crippen LogP contribution in [0, 0.1) is 6.92 Å². The lowest BCUT2D eigenvalue weighted by Gasteiger charge is -2.31. The van der Waals surface area contributed by atoms with Gasteiger partial charge in [-0.1, -0.05) is 0 Å². The molecular weight excluding hydrogens is 276 g/mol. The molecule has 21 heavy (non-hydrogen) atoms. The molecule has 9 nitrogen and oxygen atoms in total. The molecule has 3 rings (SSSR count). The maximum Gasteiger partial charge on any atom is 0.258 e. The van der Waals surface area contributed by atoms with Gasteiger partial charge in [-0.05, 0) is 13.8 Å². The first-order valence-electron chi connectivity index (χ1n) is 6.29. The van der Waals surface area contributed by atoms with Crippen LogP contribution in [0.3, 0.4) is 0 Å². The zero-order valence-electron chi connectivity index (χ0n) is 11.4. The van der Waals surface area contributed by atoms with E-state index in [0.717, 1.165) is 0 Å². The van der Waals surface area contributed by atoms with Crippen LogP contribution in [-0.4, -0.2) is 54.8 Å². The van der Waals surface area contributed by atoms with Crippen molar-refractivity contribution in [1.29, 1.82) is 0 Å². The quantitative estimate of drug-likeness (QED) is 0.668. The van der Waals surface area contributed by atoms with E-state index in [0.29, 0.717) is 11.5 Å². The van der Waals surface area contributed by atoms with E-state index in [9.17, 15) is 14.4 Å². The minimum absolute atomic E-state index is 0.166. The Hall–Kier alpha value is -2.84. The highest BCUT2D eigenvalue weighted by Crippen LogP contribution is 2.14. The molecule has 3 amide bonds. The van der Waals surface area contributed by atoms with Crippen LogP contribution in [0.5, 0.6) is 0 Å². The third kappa shape index (κ3) is 2.02. The van der Waals surface area contributed by atoms with Crippen molar-refractivity contribution in [3.8, 4) is 0 Å². The highest BCUT2D eigenvalue weighted by Gasteiger charge is 2.34. The van der Waals surface area contributed by atoms with Gasteiger partial charge in [-0.3, -0.25) is 19.7 Å². The van der Waals surface area contributed by atoms with E-state index < -0.39 is 23.8 Å². The lowest BCUT2D eigenvalue weighted by atomic mass is 10.1. The maximum atomic E-state index is 12.6. The van der Waals surface area contributed by atoms with Crippen molar-refractivity contribution in [3.63, 3.8) is 0 Å². The molecular formula is C12H12N6O3. The zero-order valence-corrected chi connectivity index (χ0v) is 11.4. The molecule has 0 spiro atoms. The van der Waals surface area contributed by atoms with Gasteiger partial charge in [0.15, 0.2) is 0 Å². The van der Waals surface area contributed by atoms with E-state index in [1.54, 1.807) is 13.8 Å². The van der Waals surface area contributed by atoms with Gasteiger partial charge in [-0.2, -0.15) is 10.1 Å². The van der Waals surface area contributed by atoms with Crippen molar-refractivity contribution >= 4 is 23.5 Å². The SMILES string of the molecule is Cc1c(C(=O)N2CC(=O)NC(=O)C2C)cnc2ncnn12. The van der Waals surface area contributed by atoms with Crippen LogP contribution >= 0.6 is 0 Å². The largest absolute Gasteiger partial charge is 0.317 e. The van der Waals surface area contributed by atoms with E-state index in [1.165, 1.54) is 21.9 Å². The summed E-state index contributed by atoms with van der Waals surface area (Å²) in [5, 5.41) is 6.17. The second kappa shape index (κ2) is 4.62. The van der Waals surface area contributed by atoms with Crippen LogP contribution in [-0.2, 0) is 9.59 Å². The molecule has 1 aliphatic rings. The molecule has 1 unspecified atom stereocenters. The Kier molecular flexibility index (Phi) is 2.89. The van der Waals surface area contributed by atoms with Gasteiger partial charge in [0.05, 0.1) is 11.3 Å². The number of fused-ring (bicyclic) bond motifs is 1. The summed E-state index contributed by atoms with van der Waals surface area (Å²) in [5.41, 5.74) is 0.829. The second-order valence-corrected chi connectivity index (χ2v) is 4.75. The first kappa shape index (κ1) is 13.2. The molecule has 1 saturated heterocycles. The molecule has 0 bridgehead atoms. The number of imide groups is 1. The minimum atomic E-state index is -0.721. The minimum Gasteiger partial charge on any atom is -0.317 e. The molecule has 9 heteroatoms. The molecule has 2 aromatic heterocycles. The Morgan fingerprint density at radius 3 is 2.90 bits per heavy atom. The first-order chi connectivity index (χ1) is 9.99. The van der Waals surface area contributed by atoms with E-state index in [1.807, 2.05) is 0 Å². The van der Waals surface area contributed by atoms with Gasteiger partial charge in [0.1, 0.15) is 18.9 Å². The van der Waals surface area contributed by atoms with Gasteiger partial charge in [-0.25, -0.2) is 9.50 Å². The molecule has 108 valence electrons. The summed E-state index contributed by atoms with van der Waals surface area (Å²) in [4.78, 5) is 44.9. The van der Waals surface area contributed by atoms with Gasteiger partial charge < -0.3 is 4.90 Å². The second-order valence-electron chi connectivity index (χ2n) is 4.75. The van der Waals surface area contributed by atoms with Crippen molar-refractivity contribution in [2.45, 2.75) is 19.9 Å². The summed E-state index contributed by atoms with van der Waals surface area (Å²) in [6.07, 6.45) is 2.72. The molecule has 3 heterocycles. The number of aryl methyl sites for hydroxylation is 1. The summed E-state index contributed by atoms with van der Waals surface area (Å²) in [7, 11) is 0. The van der Waals surface area contributed by atoms with Crippen LogP contribution in [0.25, 0.3) is 5.78 Å². The van der Waals surface area contributed by atoms with Gasteiger partial charge in [0.25, 0.3) is 11.7 Å². The zero-order chi connectivity index (χ0) is 15.1. The average molecular weight is 288 g/mol. The van der Waals surface area contributed by atoms with E-state index in [2.05, 4.69) is 20.4 Å². The van der Waals surface area contributed by atoms with Crippen molar-refractivity contribution < 1.29 is 14.4 Å². The Labute approximate surface area is 119 Å². The molecule has 1 N–H and O–H groups in total. The van der Waals surface area contributed by atoms with Crippen molar-refractivity contribution in [1.82, 2.24) is 29.8 Å². The summed E-state index contributed by atoms with van der Waals surface area (Å²) < 4.78 is 1.43. The Bertz CT molecular complexity index is 767. The van der Waals surface area contributed by atoms with Gasteiger partial charge in [0, 0.05) is 6.20 Å². The lowest BCUT2D eigenvalue weighted by molar-refractivity contribution is -0.138. The third-order valence-electron chi connectivity index (χ3n) is 3.46. The molecule has 0 aliphatic carbocycles. The first-order valence-corrected chi connectivity index (χ1v) is 6.29. The number of amides is 3. The van der Waals surface area contributed by atoms with E-state index in [4.69, 9.17) is 0 Å². The maximum absolute atomic E-state index is 12.6. The molecule has 1 aliphatic heterocycles. The van der Waals surface area contributed by atoms with E-state index in [-0.39, 0.29) is 12.1 Å². The summed E-state index contributed by atoms with van der Waals surface area (Å²) in [6, 6.07) is -0.721. The topological polar surface area (TPSA) is 110 Å². The Morgan fingerprint density at radius 2 is 2.14 bits per heavy atom. The molecule has 1 fully saturated rings. The number of piperazine rings is 1. The van der Waals surface area contributed by atoms with Gasteiger partial charge in [-0.15, -0.1) is 0 Å². The fourth-order valence-corrected chi connectivity index (χ4v) is 2.22. The number of nitrogens with one attached hydrogen (secondary N) is 1. The van der Waals surface area contributed by atoms with Crippen LogP contribution in [0.1, 0.15) is 23.0 Å². The Balaban J connectivity index is 2.01. The van der Waals surface area contributed by atoms with Gasteiger partial charge in [0.2, 0.25) is 11.8 Å². The molecule has 0 radical (unpaired) electrons. The number of hydrogen-bond donors (Lipinski definition) is 1. The van der Waals surface area contributed by atoms with Crippen LogP contribution < -0.4 is 5.32 Å². The summed E-state index contributed by atoms with van der Waals surface area (Å²) in [5.74, 6) is -1.05. The van der Waals surface area contributed by atoms with Crippen molar-refractivity contribution in [2.24, 2.45) is 0 Å². The number of nitrogens with zero attached hydrogens (tertiary/aromatic N) is 5. The number of carbonyl (C=O) groups excluding carboxylic acids is 3. The molecule has 0 aromatic carbocycles. The third-order valence-corrected chi connectivity index (χ3v) is 3.46. The predicted molar refractivity (Wildman–Crippen MR) is 69.2 cm³/mol. The van der Waals surface area contributed by atoms with Crippen LogP contribution in [0.4, 0.5) is 0 Å². The summed E-state index contributed by atoms with van der Waals surface area (Å²) in [6.45, 7) is 3.10. The van der Waals surface area contributed by atoms with Gasteiger partial charge >= 0.3 is 0 Å². The van der Waals surface area contributed by atoms with Crippen LogP contribution in [0.15, 0.2) is 12.5 Å². The molecule has 0 saturated carbocycles. The van der Waals surface area contributed by atoms with E-state index >= 15 is 0 Å².